The fourth-order valence-corrected chi connectivity index (χ4v) is 2.89. The van der Waals surface area contributed by atoms with Crippen molar-refractivity contribution in [2.75, 3.05) is 12.4 Å². The number of carbonyl (C=O) groups is 2. The SMILES string of the molecule is CCn1nnc2cc(C(=O)Nc3ccc4[nH]nc(C(=O)OC)c4c3)ccc21. The molecule has 0 aliphatic carbocycles. The molecule has 9 nitrogen and oxygen atoms in total. The van der Waals surface area contributed by atoms with E-state index in [9.17, 15) is 9.59 Å². The second-order valence-electron chi connectivity index (χ2n) is 5.89. The molecule has 136 valence electrons. The molecule has 0 atom stereocenters. The Bertz CT molecular complexity index is 1180. The number of H-pyrrole nitrogens is 1. The number of fused-ring (bicyclic) bond motifs is 2. The van der Waals surface area contributed by atoms with Crippen LogP contribution in [0.5, 0.6) is 0 Å². The molecule has 0 radical (unpaired) electrons. The number of amides is 1. The second kappa shape index (κ2) is 6.52. The number of aromatic amines is 1. The van der Waals surface area contributed by atoms with E-state index in [4.69, 9.17) is 4.74 Å². The van der Waals surface area contributed by atoms with Crippen molar-refractivity contribution in [1.82, 2.24) is 25.2 Å². The van der Waals surface area contributed by atoms with Gasteiger partial charge < -0.3 is 10.1 Å². The molecule has 4 aromatic rings. The lowest BCUT2D eigenvalue weighted by Crippen LogP contribution is -2.12. The molecular weight excluding hydrogens is 348 g/mol. The Kier molecular flexibility index (Phi) is 4.03. The Labute approximate surface area is 153 Å². The number of aryl methyl sites for hydroxylation is 1. The molecule has 2 aromatic heterocycles. The predicted octanol–water partition coefficient (Wildman–Crippen LogP) is 2.37. The van der Waals surface area contributed by atoms with Gasteiger partial charge in [-0.2, -0.15) is 5.10 Å². The molecule has 0 fully saturated rings. The van der Waals surface area contributed by atoms with Crippen molar-refractivity contribution in [1.29, 1.82) is 0 Å². The first-order valence-electron chi connectivity index (χ1n) is 8.31. The van der Waals surface area contributed by atoms with Gasteiger partial charge in [-0.3, -0.25) is 9.89 Å². The number of hydrogen-bond donors (Lipinski definition) is 2. The lowest BCUT2D eigenvalue weighted by Gasteiger charge is -2.06. The van der Waals surface area contributed by atoms with E-state index in [0.29, 0.717) is 34.2 Å². The van der Waals surface area contributed by atoms with Crippen LogP contribution in [0.2, 0.25) is 0 Å². The number of anilines is 1. The number of ether oxygens (including phenoxy) is 1. The van der Waals surface area contributed by atoms with Crippen molar-refractivity contribution in [2.24, 2.45) is 0 Å². The lowest BCUT2D eigenvalue weighted by atomic mass is 10.1. The molecule has 0 saturated heterocycles. The standard InChI is InChI=1S/C18H16N6O3/c1-3-24-15-7-4-10(8-14(15)21-23-24)17(25)19-11-5-6-13-12(9-11)16(22-20-13)18(26)27-2/h4-9H,3H2,1-2H3,(H,19,25)(H,20,22). The van der Waals surface area contributed by atoms with Gasteiger partial charge in [-0.05, 0) is 43.3 Å². The summed E-state index contributed by atoms with van der Waals surface area (Å²) in [4.78, 5) is 24.4. The Morgan fingerprint density at radius 3 is 2.85 bits per heavy atom. The maximum Gasteiger partial charge on any atom is 0.359 e. The first-order chi connectivity index (χ1) is 13.1. The molecule has 1 amide bonds. The zero-order valence-corrected chi connectivity index (χ0v) is 14.7. The van der Waals surface area contributed by atoms with Gasteiger partial charge in [-0.15, -0.1) is 5.10 Å². The van der Waals surface area contributed by atoms with Gasteiger partial charge in [0, 0.05) is 23.2 Å². The van der Waals surface area contributed by atoms with E-state index in [2.05, 4.69) is 25.8 Å². The molecule has 0 saturated carbocycles. The van der Waals surface area contributed by atoms with E-state index < -0.39 is 5.97 Å². The van der Waals surface area contributed by atoms with Crippen LogP contribution in [-0.4, -0.2) is 44.2 Å². The van der Waals surface area contributed by atoms with E-state index in [1.807, 2.05) is 13.0 Å². The quantitative estimate of drug-likeness (QED) is 0.537. The summed E-state index contributed by atoms with van der Waals surface area (Å²) >= 11 is 0. The minimum atomic E-state index is -0.547. The van der Waals surface area contributed by atoms with Crippen LogP contribution in [0.3, 0.4) is 0 Å². The van der Waals surface area contributed by atoms with Crippen molar-refractivity contribution < 1.29 is 14.3 Å². The number of hydrogen-bond acceptors (Lipinski definition) is 6. The molecular formula is C18H16N6O3. The molecule has 0 aliphatic rings. The van der Waals surface area contributed by atoms with E-state index in [1.54, 1.807) is 35.0 Å². The van der Waals surface area contributed by atoms with Crippen molar-refractivity contribution in [3.05, 3.63) is 47.7 Å². The summed E-state index contributed by atoms with van der Waals surface area (Å²) in [5.74, 6) is -0.834. The average molecular weight is 364 g/mol. The molecule has 4 rings (SSSR count). The number of methoxy groups -OCH3 is 1. The van der Waals surface area contributed by atoms with E-state index in [-0.39, 0.29) is 11.6 Å². The number of aromatic nitrogens is 5. The van der Waals surface area contributed by atoms with Crippen molar-refractivity contribution in [3.63, 3.8) is 0 Å². The fourth-order valence-electron chi connectivity index (χ4n) is 2.89. The van der Waals surface area contributed by atoms with Crippen molar-refractivity contribution >= 4 is 39.5 Å². The van der Waals surface area contributed by atoms with Gasteiger partial charge in [0.25, 0.3) is 5.91 Å². The first-order valence-corrected chi connectivity index (χ1v) is 8.31. The maximum atomic E-state index is 12.6. The third-order valence-electron chi connectivity index (χ3n) is 4.28. The molecule has 27 heavy (non-hydrogen) atoms. The zero-order valence-electron chi connectivity index (χ0n) is 14.7. The van der Waals surface area contributed by atoms with Crippen LogP contribution in [0.25, 0.3) is 21.9 Å². The number of nitrogens with zero attached hydrogens (tertiary/aromatic N) is 4. The molecule has 0 bridgehead atoms. The summed E-state index contributed by atoms with van der Waals surface area (Å²) in [7, 11) is 1.29. The smallest absolute Gasteiger partial charge is 0.359 e. The fraction of sp³-hybridized carbons (Fsp3) is 0.167. The van der Waals surface area contributed by atoms with Crippen LogP contribution in [0, 0.1) is 0 Å². The highest BCUT2D eigenvalue weighted by Crippen LogP contribution is 2.22. The molecule has 0 spiro atoms. The first kappa shape index (κ1) is 16.7. The average Bonchev–Trinajstić information content (AvgIpc) is 3.30. The number of benzene rings is 2. The van der Waals surface area contributed by atoms with Gasteiger partial charge in [-0.1, -0.05) is 5.21 Å². The van der Waals surface area contributed by atoms with Gasteiger partial charge in [0.15, 0.2) is 5.69 Å². The normalized spacial score (nSPS) is 11.0. The highest BCUT2D eigenvalue weighted by Gasteiger charge is 2.16. The zero-order chi connectivity index (χ0) is 19.0. The minimum absolute atomic E-state index is 0.168. The highest BCUT2D eigenvalue weighted by atomic mass is 16.5. The summed E-state index contributed by atoms with van der Waals surface area (Å²) < 4.78 is 6.48. The van der Waals surface area contributed by atoms with Gasteiger partial charge in [0.2, 0.25) is 0 Å². The Morgan fingerprint density at radius 1 is 1.22 bits per heavy atom. The van der Waals surface area contributed by atoms with Gasteiger partial charge in [0.1, 0.15) is 5.52 Å². The minimum Gasteiger partial charge on any atom is -0.464 e. The summed E-state index contributed by atoms with van der Waals surface area (Å²) in [6.45, 7) is 2.68. The lowest BCUT2D eigenvalue weighted by molar-refractivity contribution is 0.0596. The Hall–Kier alpha value is -3.75. The summed E-state index contributed by atoms with van der Waals surface area (Å²) in [6.07, 6.45) is 0. The largest absolute Gasteiger partial charge is 0.464 e. The predicted molar refractivity (Wildman–Crippen MR) is 98.6 cm³/mol. The van der Waals surface area contributed by atoms with Gasteiger partial charge >= 0.3 is 5.97 Å². The molecule has 9 heteroatoms. The van der Waals surface area contributed by atoms with Crippen LogP contribution in [0.1, 0.15) is 27.8 Å². The Balaban J connectivity index is 1.63. The molecule has 2 aromatic carbocycles. The monoisotopic (exact) mass is 364 g/mol. The van der Waals surface area contributed by atoms with Crippen molar-refractivity contribution in [2.45, 2.75) is 13.5 Å². The third-order valence-corrected chi connectivity index (χ3v) is 4.28. The molecule has 0 unspecified atom stereocenters. The van der Waals surface area contributed by atoms with Crippen LogP contribution < -0.4 is 5.32 Å². The van der Waals surface area contributed by atoms with Gasteiger partial charge in [-0.25, -0.2) is 9.48 Å². The number of esters is 1. The van der Waals surface area contributed by atoms with Crippen LogP contribution in [0.15, 0.2) is 36.4 Å². The maximum absolute atomic E-state index is 12.6. The van der Waals surface area contributed by atoms with Crippen molar-refractivity contribution in [3.8, 4) is 0 Å². The van der Waals surface area contributed by atoms with E-state index in [0.717, 1.165) is 5.52 Å². The van der Waals surface area contributed by atoms with Gasteiger partial charge in [0.05, 0.1) is 18.1 Å². The van der Waals surface area contributed by atoms with Crippen LogP contribution in [-0.2, 0) is 11.3 Å². The van der Waals surface area contributed by atoms with Crippen LogP contribution in [0.4, 0.5) is 5.69 Å². The number of carbonyl (C=O) groups excluding carboxylic acids is 2. The summed E-state index contributed by atoms with van der Waals surface area (Å²) in [6, 6.07) is 10.4. The third kappa shape index (κ3) is 2.88. The second-order valence-corrected chi connectivity index (χ2v) is 5.89. The topological polar surface area (TPSA) is 115 Å². The highest BCUT2D eigenvalue weighted by molar-refractivity contribution is 6.08. The number of nitrogens with one attached hydrogen (secondary N) is 2. The molecule has 2 heterocycles. The van der Waals surface area contributed by atoms with Crippen LogP contribution >= 0.6 is 0 Å². The Morgan fingerprint density at radius 2 is 2.07 bits per heavy atom. The number of rotatable bonds is 4. The van der Waals surface area contributed by atoms with E-state index >= 15 is 0 Å². The summed E-state index contributed by atoms with van der Waals surface area (Å²) in [5, 5.41) is 18.2. The summed E-state index contributed by atoms with van der Waals surface area (Å²) in [5.41, 5.74) is 3.37. The molecule has 2 N–H and O–H groups in total. The van der Waals surface area contributed by atoms with E-state index in [1.165, 1.54) is 7.11 Å². The molecule has 0 aliphatic heterocycles.